The van der Waals surface area contributed by atoms with Gasteiger partial charge in [0.1, 0.15) is 0 Å². The van der Waals surface area contributed by atoms with Crippen molar-refractivity contribution in [3.05, 3.63) is 23.8 Å². The molecule has 21 heavy (non-hydrogen) atoms. The molecule has 0 spiro atoms. The molecule has 0 bridgehead atoms. The van der Waals surface area contributed by atoms with Crippen LogP contribution in [0, 0.1) is 19.3 Å². The van der Waals surface area contributed by atoms with E-state index in [1.165, 1.54) is 0 Å². The van der Waals surface area contributed by atoms with Crippen molar-refractivity contribution in [2.75, 3.05) is 6.54 Å². The zero-order valence-corrected chi connectivity index (χ0v) is 12.2. The summed E-state index contributed by atoms with van der Waals surface area (Å²) in [5, 5.41) is 10.9. The summed E-state index contributed by atoms with van der Waals surface area (Å²) in [6.45, 7) is 2.45. The van der Waals surface area contributed by atoms with Gasteiger partial charge >= 0.3 is 0 Å². The highest BCUT2D eigenvalue weighted by molar-refractivity contribution is 5.76. The first-order valence-corrected chi connectivity index (χ1v) is 7.05. The van der Waals surface area contributed by atoms with Gasteiger partial charge in [0, 0.05) is 51.0 Å². The van der Waals surface area contributed by atoms with Crippen LogP contribution < -0.4 is 5.32 Å². The number of terminal acetylenes is 1. The first-order valence-electron chi connectivity index (χ1n) is 7.05. The number of hydrogen-bond acceptors (Lipinski definition) is 5. The number of rotatable bonds is 8. The Kier molecular flexibility index (Phi) is 4.99. The van der Waals surface area contributed by atoms with Crippen molar-refractivity contribution in [2.24, 2.45) is 10.2 Å². The first-order chi connectivity index (χ1) is 10.1. The Labute approximate surface area is 124 Å². The number of nitrogens with zero attached hydrogens (tertiary/aromatic N) is 4. The van der Waals surface area contributed by atoms with E-state index < -0.39 is 0 Å². The van der Waals surface area contributed by atoms with Crippen molar-refractivity contribution in [2.45, 2.75) is 44.7 Å². The van der Waals surface area contributed by atoms with Gasteiger partial charge in [0.15, 0.2) is 5.66 Å². The quantitative estimate of drug-likeness (QED) is 0.740. The first kappa shape index (κ1) is 15.1. The normalized spacial score (nSPS) is 14.5. The van der Waals surface area contributed by atoms with Crippen molar-refractivity contribution in [3.63, 3.8) is 0 Å². The molecule has 0 radical (unpaired) electrons. The largest absolute Gasteiger partial charge is 0.356 e. The zero-order valence-electron chi connectivity index (χ0n) is 12.2. The molecule has 0 fully saturated rings. The van der Waals surface area contributed by atoms with Gasteiger partial charge in [-0.25, -0.2) is 0 Å². The van der Waals surface area contributed by atoms with E-state index in [4.69, 9.17) is 6.42 Å². The van der Waals surface area contributed by atoms with Gasteiger partial charge < -0.3 is 5.32 Å². The summed E-state index contributed by atoms with van der Waals surface area (Å²) in [6, 6.07) is 0. The lowest BCUT2D eigenvalue weighted by atomic mass is 10.0. The minimum atomic E-state index is -0.383. The topological polar surface area (TPSA) is 79.6 Å². The molecule has 2 rings (SSSR count). The van der Waals surface area contributed by atoms with E-state index in [1.807, 2.05) is 6.92 Å². The van der Waals surface area contributed by atoms with Gasteiger partial charge in [-0.15, -0.1) is 12.3 Å². The third-order valence-corrected chi connectivity index (χ3v) is 3.34. The van der Waals surface area contributed by atoms with Crippen molar-refractivity contribution >= 4 is 5.91 Å². The minimum Gasteiger partial charge on any atom is -0.356 e. The average molecular weight is 285 g/mol. The number of aryl methyl sites for hydroxylation is 1. The number of amides is 1. The second-order valence-corrected chi connectivity index (χ2v) is 5.14. The van der Waals surface area contributed by atoms with E-state index in [1.54, 1.807) is 12.4 Å². The molecular weight excluding hydrogens is 266 g/mol. The van der Waals surface area contributed by atoms with E-state index in [0.29, 0.717) is 32.2 Å². The van der Waals surface area contributed by atoms with Gasteiger partial charge in [-0.2, -0.15) is 10.2 Å². The molecule has 0 atom stereocenters. The van der Waals surface area contributed by atoms with E-state index in [-0.39, 0.29) is 11.6 Å². The van der Waals surface area contributed by atoms with Crippen LogP contribution in [0.2, 0.25) is 0 Å². The molecule has 0 unspecified atom stereocenters. The van der Waals surface area contributed by atoms with Crippen LogP contribution in [0.3, 0.4) is 0 Å². The Morgan fingerprint density at radius 2 is 2.14 bits per heavy atom. The highest BCUT2D eigenvalue weighted by Gasteiger charge is 2.39. The van der Waals surface area contributed by atoms with Crippen LogP contribution >= 0.6 is 0 Å². The zero-order chi connectivity index (χ0) is 15.1. The SMILES string of the molecule is C#CCCC1(CCC(=O)NCCc2cnc(C)cn2)N=N1. The molecule has 1 aromatic rings. The summed E-state index contributed by atoms with van der Waals surface area (Å²) in [7, 11) is 0. The van der Waals surface area contributed by atoms with Gasteiger partial charge in [0.25, 0.3) is 0 Å². The van der Waals surface area contributed by atoms with Crippen LogP contribution in [0.15, 0.2) is 22.6 Å². The van der Waals surface area contributed by atoms with Gasteiger partial charge in [0.05, 0.1) is 11.4 Å². The standard InChI is InChI=1S/C15H19N5O/c1-3-4-7-15(19-20-15)8-5-14(21)16-9-6-13-11-17-12(2)10-18-13/h1,10-11H,4-9H2,2H3,(H,16,21). The number of nitrogens with one attached hydrogen (secondary N) is 1. The van der Waals surface area contributed by atoms with Gasteiger partial charge in [0.2, 0.25) is 5.91 Å². The van der Waals surface area contributed by atoms with E-state index in [0.717, 1.165) is 17.8 Å². The second kappa shape index (κ2) is 6.93. The molecule has 1 aromatic heterocycles. The summed E-state index contributed by atoms with van der Waals surface area (Å²) in [6.07, 6.45) is 11.8. The summed E-state index contributed by atoms with van der Waals surface area (Å²) in [4.78, 5) is 20.2. The molecule has 1 N–H and O–H groups in total. The molecule has 1 amide bonds. The van der Waals surface area contributed by atoms with Crippen LogP contribution in [-0.4, -0.2) is 28.1 Å². The lowest BCUT2D eigenvalue weighted by molar-refractivity contribution is -0.121. The van der Waals surface area contributed by atoms with Crippen LogP contribution in [0.1, 0.15) is 37.1 Å². The fraction of sp³-hybridized carbons (Fsp3) is 0.533. The Morgan fingerprint density at radius 1 is 1.33 bits per heavy atom. The van der Waals surface area contributed by atoms with Crippen LogP contribution in [-0.2, 0) is 11.2 Å². The van der Waals surface area contributed by atoms with Gasteiger partial charge in [-0.1, -0.05) is 0 Å². The molecule has 0 saturated heterocycles. The molecule has 0 saturated carbocycles. The van der Waals surface area contributed by atoms with E-state index in [2.05, 4.69) is 31.4 Å². The Balaban J connectivity index is 1.62. The molecule has 110 valence electrons. The third kappa shape index (κ3) is 4.95. The fourth-order valence-corrected chi connectivity index (χ4v) is 1.95. The number of hydrogen-bond donors (Lipinski definition) is 1. The number of carbonyl (C=O) groups is 1. The maximum absolute atomic E-state index is 11.8. The lowest BCUT2D eigenvalue weighted by Gasteiger charge is -2.09. The smallest absolute Gasteiger partial charge is 0.220 e. The van der Waals surface area contributed by atoms with E-state index >= 15 is 0 Å². The summed E-state index contributed by atoms with van der Waals surface area (Å²) >= 11 is 0. The van der Waals surface area contributed by atoms with Crippen LogP contribution in [0.4, 0.5) is 0 Å². The average Bonchev–Trinajstić information content (AvgIpc) is 3.26. The Bertz CT molecular complexity index is 552. The predicted molar refractivity (Wildman–Crippen MR) is 78.4 cm³/mol. The predicted octanol–water partition coefficient (Wildman–Crippen LogP) is 1.80. The molecule has 0 aliphatic carbocycles. The minimum absolute atomic E-state index is 0.00690. The summed E-state index contributed by atoms with van der Waals surface area (Å²) in [5.74, 6) is 2.58. The van der Waals surface area contributed by atoms with Crippen molar-refractivity contribution < 1.29 is 4.79 Å². The van der Waals surface area contributed by atoms with Crippen molar-refractivity contribution in [1.29, 1.82) is 0 Å². The maximum atomic E-state index is 11.8. The third-order valence-electron chi connectivity index (χ3n) is 3.34. The fourth-order valence-electron chi connectivity index (χ4n) is 1.95. The molecule has 6 heteroatoms. The monoisotopic (exact) mass is 285 g/mol. The van der Waals surface area contributed by atoms with Gasteiger partial charge in [-0.05, 0) is 6.92 Å². The Morgan fingerprint density at radius 3 is 2.76 bits per heavy atom. The number of carbonyl (C=O) groups excluding carboxylic acids is 1. The highest BCUT2D eigenvalue weighted by Crippen LogP contribution is 2.37. The number of aromatic nitrogens is 2. The Hall–Kier alpha value is -2.29. The maximum Gasteiger partial charge on any atom is 0.220 e. The van der Waals surface area contributed by atoms with E-state index in [9.17, 15) is 4.79 Å². The summed E-state index contributed by atoms with van der Waals surface area (Å²) < 4.78 is 0. The molecular formula is C15H19N5O. The van der Waals surface area contributed by atoms with Crippen LogP contribution in [0.25, 0.3) is 0 Å². The molecule has 6 nitrogen and oxygen atoms in total. The van der Waals surface area contributed by atoms with Crippen molar-refractivity contribution in [3.8, 4) is 12.3 Å². The highest BCUT2D eigenvalue weighted by atomic mass is 16.1. The van der Waals surface area contributed by atoms with Gasteiger partial charge in [-0.3, -0.25) is 14.8 Å². The molecule has 1 aliphatic heterocycles. The lowest BCUT2D eigenvalue weighted by Crippen LogP contribution is -2.27. The molecule has 1 aliphatic rings. The summed E-state index contributed by atoms with van der Waals surface area (Å²) in [5.41, 5.74) is 1.38. The molecule has 0 aromatic carbocycles. The van der Waals surface area contributed by atoms with Crippen molar-refractivity contribution in [1.82, 2.24) is 15.3 Å². The molecule has 2 heterocycles. The van der Waals surface area contributed by atoms with Crippen LogP contribution in [0.5, 0.6) is 0 Å². The second-order valence-electron chi connectivity index (χ2n) is 5.14.